The fourth-order valence-corrected chi connectivity index (χ4v) is 2.31. The maximum Gasteiger partial charge on any atom is 0.363 e. The normalized spacial score (nSPS) is 10.8. The number of unbranched alkanes of at least 4 members (excludes halogenated alkanes) is 2. The summed E-state index contributed by atoms with van der Waals surface area (Å²) in [5.74, 6) is 0.502. The standard InChI is InChI=1S/C17H22N6O5/c1-4-5-6-7-28-15-13(23(25)26)8-12(9-14(15)27-3)10-18-21-16-11(2)20-22-17(24)19-16/h8-10H,4-7H2,1-3H3,(H2,19,21,22,24)/b18-10+. The predicted molar refractivity (Wildman–Crippen MR) is 103 cm³/mol. The van der Waals surface area contributed by atoms with E-state index in [0.29, 0.717) is 17.9 Å². The van der Waals surface area contributed by atoms with Gasteiger partial charge in [0.15, 0.2) is 11.6 Å². The van der Waals surface area contributed by atoms with E-state index in [1.165, 1.54) is 19.4 Å². The van der Waals surface area contributed by atoms with Gasteiger partial charge in [-0.3, -0.25) is 15.5 Å². The van der Waals surface area contributed by atoms with E-state index in [9.17, 15) is 14.9 Å². The second-order valence-electron chi connectivity index (χ2n) is 5.83. The largest absolute Gasteiger partial charge is 0.493 e. The van der Waals surface area contributed by atoms with Crippen LogP contribution in [-0.4, -0.2) is 40.0 Å². The van der Waals surface area contributed by atoms with Gasteiger partial charge in [-0.1, -0.05) is 19.8 Å². The van der Waals surface area contributed by atoms with Crippen LogP contribution < -0.4 is 20.6 Å². The monoisotopic (exact) mass is 390 g/mol. The first-order valence-electron chi connectivity index (χ1n) is 8.67. The summed E-state index contributed by atoms with van der Waals surface area (Å²) in [4.78, 5) is 25.8. The molecule has 0 unspecified atom stereocenters. The van der Waals surface area contributed by atoms with Crippen LogP contribution in [0.5, 0.6) is 11.5 Å². The van der Waals surface area contributed by atoms with Gasteiger partial charge in [0.2, 0.25) is 5.75 Å². The van der Waals surface area contributed by atoms with Gasteiger partial charge in [-0.2, -0.15) is 15.2 Å². The number of rotatable bonds is 10. The van der Waals surface area contributed by atoms with Crippen molar-refractivity contribution in [3.8, 4) is 11.5 Å². The molecule has 150 valence electrons. The van der Waals surface area contributed by atoms with Crippen LogP contribution >= 0.6 is 0 Å². The van der Waals surface area contributed by atoms with Crippen LogP contribution in [0.1, 0.15) is 37.4 Å². The molecule has 1 aromatic carbocycles. The number of hydrogen-bond donors (Lipinski definition) is 2. The molecule has 11 heteroatoms. The number of benzene rings is 1. The summed E-state index contributed by atoms with van der Waals surface area (Å²) in [6.07, 6.45) is 4.12. The lowest BCUT2D eigenvalue weighted by Crippen LogP contribution is -2.15. The number of hydrogen-bond acceptors (Lipinski definition) is 9. The molecular weight excluding hydrogens is 368 g/mol. The summed E-state index contributed by atoms with van der Waals surface area (Å²) in [7, 11) is 1.41. The molecule has 0 spiro atoms. The number of nitro groups is 1. The van der Waals surface area contributed by atoms with Crippen LogP contribution in [0.3, 0.4) is 0 Å². The van der Waals surface area contributed by atoms with Gasteiger partial charge in [0.1, 0.15) is 5.69 Å². The lowest BCUT2D eigenvalue weighted by molar-refractivity contribution is -0.386. The Hall–Kier alpha value is -3.50. The van der Waals surface area contributed by atoms with E-state index < -0.39 is 10.6 Å². The molecule has 0 saturated heterocycles. The number of nitro benzene ring substituents is 1. The molecule has 0 aliphatic heterocycles. The number of aromatic nitrogens is 3. The van der Waals surface area contributed by atoms with Crippen molar-refractivity contribution in [2.75, 3.05) is 19.1 Å². The summed E-state index contributed by atoms with van der Waals surface area (Å²) in [6.45, 7) is 4.06. The molecule has 11 nitrogen and oxygen atoms in total. The minimum Gasteiger partial charge on any atom is -0.493 e. The maximum atomic E-state index is 11.5. The predicted octanol–water partition coefficient (Wildman–Crippen LogP) is 2.41. The maximum absolute atomic E-state index is 11.5. The molecule has 0 atom stereocenters. The van der Waals surface area contributed by atoms with Crippen LogP contribution in [0.15, 0.2) is 22.0 Å². The Balaban J connectivity index is 2.24. The van der Waals surface area contributed by atoms with E-state index in [1.807, 2.05) is 0 Å². The van der Waals surface area contributed by atoms with Gasteiger partial charge in [0.05, 0.1) is 24.9 Å². The van der Waals surface area contributed by atoms with Gasteiger partial charge in [-0.05, 0) is 19.4 Å². The van der Waals surface area contributed by atoms with Crippen molar-refractivity contribution in [2.45, 2.75) is 33.1 Å². The number of ether oxygens (including phenoxy) is 2. The third-order valence-corrected chi connectivity index (χ3v) is 3.73. The number of aromatic amines is 1. The summed E-state index contributed by atoms with van der Waals surface area (Å²) in [5, 5.41) is 21.4. The molecule has 2 N–H and O–H groups in total. The van der Waals surface area contributed by atoms with Crippen molar-refractivity contribution >= 4 is 17.7 Å². The van der Waals surface area contributed by atoms with E-state index in [1.54, 1.807) is 13.0 Å². The summed E-state index contributed by atoms with van der Waals surface area (Å²) >= 11 is 0. The summed E-state index contributed by atoms with van der Waals surface area (Å²) in [6, 6.07) is 2.91. The van der Waals surface area contributed by atoms with Crippen molar-refractivity contribution in [1.82, 2.24) is 15.2 Å². The number of hydrazone groups is 1. The average molecular weight is 390 g/mol. The van der Waals surface area contributed by atoms with Crippen LogP contribution in [0.25, 0.3) is 0 Å². The number of anilines is 1. The van der Waals surface area contributed by atoms with Crippen LogP contribution in [0, 0.1) is 17.0 Å². The lowest BCUT2D eigenvalue weighted by Gasteiger charge is -2.11. The summed E-state index contributed by atoms with van der Waals surface area (Å²) in [5.41, 5.74) is 2.60. The molecule has 0 bridgehead atoms. The highest BCUT2D eigenvalue weighted by Gasteiger charge is 2.22. The fourth-order valence-electron chi connectivity index (χ4n) is 2.31. The Labute approximate surface area is 160 Å². The second-order valence-corrected chi connectivity index (χ2v) is 5.83. The first kappa shape index (κ1) is 20.8. The molecule has 0 saturated carbocycles. The Morgan fingerprint density at radius 1 is 1.39 bits per heavy atom. The Morgan fingerprint density at radius 2 is 2.18 bits per heavy atom. The van der Waals surface area contributed by atoms with Gasteiger partial charge in [0.25, 0.3) is 0 Å². The quantitative estimate of drug-likeness (QED) is 0.272. The van der Waals surface area contributed by atoms with E-state index >= 15 is 0 Å². The Bertz CT molecular complexity index is 911. The second kappa shape index (κ2) is 10.00. The molecule has 0 radical (unpaired) electrons. The van der Waals surface area contributed by atoms with Crippen molar-refractivity contribution in [2.24, 2.45) is 5.10 Å². The minimum atomic E-state index is -0.620. The van der Waals surface area contributed by atoms with E-state index in [0.717, 1.165) is 19.3 Å². The van der Waals surface area contributed by atoms with Crippen molar-refractivity contribution in [3.05, 3.63) is 44.0 Å². The van der Waals surface area contributed by atoms with Crippen LogP contribution in [-0.2, 0) is 0 Å². The van der Waals surface area contributed by atoms with E-state index in [-0.39, 0.29) is 23.0 Å². The molecule has 2 aromatic rings. The highest BCUT2D eigenvalue weighted by atomic mass is 16.6. The minimum absolute atomic E-state index is 0.0880. The zero-order chi connectivity index (χ0) is 20.5. The van der Waals surface area contributed by atoms with Gasteiger partial charge >= 0.3 is 11.4 Å². The van der Waals surface area contributed by atoms with Crippen molar-refractivity contribution < 1.29 is 14.4 Å². The molecule has 28 heavy (non-hydrogen) atoms. The lowest BCUT2D eigenvalue weighted by atomic mass is 10.2. The topological polar surface area (TPSA) is 145 Å². The van der Waals surface area contributed by atoms with Gasteiger partial charge in [0, 0.05) is 11.6 Å². The van der Waals surface area contributed by atoms with Crippen LogP contribution in [0.4, 0.5) is 11.5 Å². The molecule has 1 heterocycles. The number of aryl methyl sites for hydroxylation is 1. The Morgan fingerprint density at radius 3 is 2.86 bits per heavy atom. The highest BCUT2D eigenvalue weighted by molar-refractivity contribution is 5.83. The third kappa shape index (κ3) is 5.50. The van der Waals surface area contributed by atoms with E-state index in [2.05, 4.69) is 32.6 Å². The number of nitrogens with one attached hydrogen (secondary N) is 2. The van der Waals surface area contributed by atoms with Gasteiger partial charge in [-0.25, -0.2) is 9.89 Å². The van der Waals surface area contributed by atoms with Gasteiger partial charge in [-0.15, -0.1) is 0 Å². The molecule has 0 amide bonds. The molecule has 0 fully saturated rings. The smallest absolute Gasteiger partial charge is 0.363 e. The first-order valence-corrected chi connectivity index (χ1v) is 8.67. The highest BCUT2D eigenvalue weighted by Crippen LogP contribution is 2.38. The van der Waals surface area contributed by atoms with Crippen molar-refractivity contribution in [1.29, 1.82) is 0 Å². The molecule has 2 rings (SSSR count). The average Bonchev–Trinajstić information content (AvgIpc) is 2.67. The zero-order valence-corrected chi connectivity index (χ0v) is 15.9. The SMILES string of the molecule is CCCCCOc1c(OC)cc(/C=N/Nc2nc(=O)[nH]nc2C)cc1[N+](=O)[O-]. The van der Waals surface area contributed by atoms with E-state index in [4.69, 9.17) is 9.47 Å². The zero-order valence-electron chi connectivity index (χ0n) is 15.9. The van der Waals surface area contributed by atoms with Gasteiger partial charge < -0.3 is 9.47 Å². The number of H-pyrrole nitrogens is 1. The number of methoxy groups -OCH3 is 1. The molecular formula is C17H22N6O5. The molecule has 0 aliphatic carbocycles. The summed E-state index contributed by atoms with van der Waals surface area (Å²) < 4.78 is 10.9. The Kier molecular flexibility index (Phi) is 7.43. The van der Waals surface area contributed by atoms with Crippen LogP contribution in [0.2, 0.25) is 0 Å². The first-order chi connectivity index (χ1) is 13.5. The van der Waals surface area contributed by atoms with Crippen molar-refractivity contribution in [3.63, 3.8) is 0 Å². The molecule has 0 aliphatic rings. The molecule has 1 aromatic heterocycles. The number of nitrogens with zero attached hydrogens (tertiary/aromatic N) is 4. The third-order valence-electron chi connectivity index (χ3n) is 3.73. The fraction of sp³-hybridized carbons (Fsp3) is 0.412.